The molecule has 0 saturated heterocycles. The van der Waals surface area contributed by atoms with Gasteiger partial charge in [0.05, 0.1) is 5.60 Å². The van der Waals surface area contributed by atoms with Crippen molar-refractivity contribution in [2.75, 3.05) is 27.2 Å². The normalized spacial score (nSPS) is 13.3. The van der Waals surface area contributed by atoms with Gasteiger partial charge < -0.3 is 10.0 Å². The molecule has 0 aromatic heterocycles. The molecule has 0 bridgehead atoms. The van der Waals surface area contributed by atoms with Crippen molar-refractivity contribution in [3.05, 3.63) is 35.9 Å². The summed E-state index contributed by atoms with van der Waals surface area (Å²) in [5.41, 5.74) is 0.118. The third kappa shape index (κ3) is 4.62. The van der Waals surface area contributed by atoms with Crippen LogP contribution < -0.4 is 0 Å². The van der Waals surface area contributed by atoms with Gasteiger partial charge in [0.1, 0.15) is 6.04 Å². The summed E-state index contributed by atoms with van der Waals surface area (Å²) in [6, 6.07) is 9.36. The van der Waals surface area contributed by atoms with Gasteiger partial charge in [0, 0.05) is 20.6 Å². The first-order chi connectivity index (χ1) is 9.26. The predicted molar refractivity (Wildman–Crippen MR) is 81.4 cm³/mol. The Hall–Kier alpha value is -1.39. The molecule has 4 nitrogen and oxygen atoms in total. The highest BCUT2D eigenvalue weighted by Crippen LogP contribution is 2.24. The number of hydrogen-bond acceptors (Lipinski definition) is 3. The van der Waals surface area contributed by atoms with Crippen LogP contribution in [0.25, 0.3) is 0 Å². The van der Waals surface area contributed by atoms with Crippen LogP contribution in [0.4, 0.5) is 0 Å². The van der Waals surface area contributed by atoms with Gasteiger partial charge >= 0.3 is 0 Å². The lowest BCUT2D eigenvalue weighted by Gasteiger charge is -2.35. The summed E-state index contributed by atoms with van der Waals surface area (Å²) < 4.78 is 0. The van der Waals surface area contributed by atoms with Crippen LogP contribution in [0.3, 0.4) is 0 Å². The van der Waals surface area contributed by atoms with E-state index >= 15 is 0 Å². The highest BCUT2D eigenvalue weighted by atomic mass is 16.3. The lowest BCUT2D eigenvalue weighted by Crippen LogP contribution is -2.46. The summed E-state index contributed by atoms with van der Waals surface area (Å²) in [5.74, 6) is 0.0299. The van der Waals surface area contributed by atoms with E-state index in [9.17, 15) is 9.90 Å². The molecule has 20 heavy (non-hydrogen) atoms. The first kappa shape index (κ1) is 16.7. The second-order valence-corrected chi connectivity index (χ2v) is 5.92. The highest BCUT2D eigenvalue weighted by molar-refractivity contribution is 5.82. The molecule has 1 N–H and O–H groups in total. The minimum Gasteiger partial charge on any atom is -0.389 e. The van der Waals surface area contributed by atoms with Crippen LogP contribution in [-0.2, 0) is 4.79 Å². The minimum absolute atomic E-state index is 0.0299. The Kier molecular flexibility index (Phi) is 5.72. The molecular formula is C16H26N2O2. The fraction of sp³-hybridized carbons (Fsp3) is 0.562. The van der Waals surface area contributed by atoms with Crippen molar-refractivity contribution in [1.82, 2.24) is 9.80 Å². The Bertz CT molecular complexity index is 424. The highest BCUT2D eigenvalue weighted by Gasteiger charge is 2.31. The zero-order chi connectivity index (χ0) is 15.3. The molecule has 112 valence electrons. The third-order valence-electron chi connectivity index (χ3n) is 3.15. The molecule has 1 atom stereocenters. The summed E-state index contributed by atoms with van der Waals surface area (Å²) in [5, 5.41) is 10.1. The topological polar surface area (TPSA) is 43.8 Å². The fourth-order valence-electron chi connectivity index (χ4n) is 2.27. The van der Waals surface area contributed by atoms with Crippen LogP contribution >= 0.6 is 0 Å². The third-order valence-corrected chi connectivity index (χ3v) is 3.15. The molecule has 1 aromatic carbocycles. The second-order valence-electron chi connectivity index (χ2n) is 5.92. The summed E-state index contributed by atoms with van der Waals surface area (Å²) in [7, 11) is 3.52. The average molecular weight is 278 g/mol. The Morgan fingerprint density at radius 2 is 1.80 bits per heavy atom. The lowest BCUT2D eigenvalue weighted by molar-refractivity contribution is -0.135. The molecule has 1 unspecified atom stereocenters. The molecule has 4 heteroatoms. The number of carbonyl (C=O) groups is 1. The number of aliphatic hydroxyl groups is 1. The van der Waals surface area contributed by atoms with Gasteiger partial charge in [0.2, 0.25) is 5.91 Å². The van der Waals surface area contributed by atoms with Crippen molar-refractivity contribution in [1.29, 1.82) is 0 Å². The lowest BCUT2D eigenvalue weighted by atomic mass is 10.0. The number of rotatable bonds is 6. The van der Waals surface area contributed by atoms with Crippen molar-refractivity contribution >= 4 is 5.91 Å². The van der Waals surface area contributed by atoms with Crippen molar-refractivity contribution < 1.29 is 9.90 Å². The van der Waals surface area contributed by atoms with Gasteiger partial charge in [-0.3, -0.25) is 9.69 Å². The first-order valence-corrected chi connectivity index (χ1v) is 6.99. The van der Waals surface area contributed by atoms with Crippen molar-refractivity contribution in [2.24, 2.45) is 0 Å². The SMILES string of the molecule is CCN(CC(C)(C)O)C(C(=O)N(C)C)c1ccccc1. The fourth-order valence-corrected chi connectivity index (χ4v) is 2.27. The monoisotopic (exact) mass is 278 g/mol. The van der Waals surface area contributed by atoms with E-state index in [0.717, 1.165) is 5.56 Å². The van der Waals surface area contributed by atoms with Crippen LogP contribution in [-0.4, -0.2) is 53.6 Å². The first-order valence-electron chi connectivity index (χ1n) is 6.99. The molecule has 1 rings (SSSR count). The number of amides is 1. The molecule has 0 spiro atoms. The zero-order valence-corrected chi connectivity index (χ0v) is 13.1. The van der Waals surface area contributed by atoms with Gasteiger partial charge in [-0.15, -0.1) is 0 Å². The van der Waals surface area contributed by atoms with E-state index < -0.39 is 5.60 Å². The van der Waals surface area contributed by atoms with E-state index in [1.165, 1.54) is 0 Å². The van der Waals surface area contributed by atoms with E-state index in [-0.39, 0.29) is 11.9 Å². The summed E-state index contributed by atoms with van der Waals surface area (Å²) in [4.78, 5) is 16.1. The van der Waals surface area contributed by atoms with Crippen LogP contribution in [0, 0.1) is 0 Å². The molecule has 1 amide bonds. The molecular weight excluding hydrogens is 252 g/mol. The number of likely N-dealkylation sites (N-methyl/N-ethyl adjacent to an activating group) is 2. The van der Waals surface area contributed by atoms with Gasteiger partial charge in [-0.25, -0.2) is 0 Å². The standard InChI is InChI=1S/C16H26N2O2/c1-6-18(12-16(2,3)20)14(15(19)17(4)5)13-10-8-7-9-11-13/h7-11,14,20H,6,12H2,1-5H3. The van der Waals surface area contributed by atoms with E-state index in [2.05, 4.69) is 0 Å². The van der Waals surface area contributed by atoms with E-state index in [4.69, 9.17) is 0 Å². The van der Waals surface area contributed by atoms with E-state index in [0.29, 0.717) is 13.1 Å². The Labute approximate surface area is 122 Å². The number of hydrogen-bond donors (Lipinski definition) is 1. The predicted octanol–water partition coefficient (Wildman–Crippen LogP) is 1.91. The van der Waals surface area contributed by atoms with Gasteiger partial charge in [0.15, 0.2) is 0 Å². The summed E-state index contributed by atoms with van der Waals surface area (Å²) in [6.45, 7) is 6.67. The number of nitrogens with zero attached hydrogens (tertiary/aromatic N) is 2. The average Bonchev–Trinajstić information content (AvgIpc) is 2.37. The zero-order valence-electron chi connectivity index (χ0n) is 13.1. The molecule has 0 aliphatic heterocycles. The van der Waals surface area contributed by atoms with Crippen molar-refractivity contribution in [2.45, 2.75) is 32.4 Å². The van der Waals surface area contributed by atoms with Crippen LogP contribution in [0.1, 0.15) is 32.4 Å². The smallest absolute Gasteiger partial charge is 0.244 e. The Morgan fingerprint density at radius 3 is 2.20 bits per heavy atom. The van der Waals surface area contributed by atoms with Crippen LogP contribution in [0.5, 0.6) is 0 Å². The van der Waals surface area contributed by atoms with Crippen molar-refractivity contribution in [3.63, 3.8) is 0 Å². The van der Waals surface area contributed by atoms with Gasteiger partial charge in [-0.2, -0.15) is 0 Å². The maximum Gasteiger partial charge on any atom is 0.244 e. The van der Waals surface area contributed by atoms with Gasteiger partial charge in [0.25, 0.3) is 0 Å². The second kappa shape index (κ2) is 6.86. The molecule has 0 aliphatic carbocycles. The van der Waals surface area contributed by atoms with E-state index in [1.54, 1.807) is 32.8 Å². The Morgan fingerprint density at radius 1 is 1.25 bits per heavy atom. The van der Waals surface area contributed by atoms with Gasteiger partial charge in [-0.1, -0.05) is 37.3 Å². The number of carbonyl (C=O) groups excluding carboxylic acids is 1. The minimum atomic E-state index is -0.838. The largest absolute Gasteiger partial charge is 0.389 e. The quantitative estimate of drug-likeness (QED) is 0.864. The molecule has 0 radical (unpaired) electrons. The molecule has 1 aromatic rings. The van der Waals surface area contributed by atoms with Crippen LogP contribution in [0.15, 0.2) is 30.3 Å². The summed E-state index contributed by atoms with van der Waals surface area (Å²) >= 11 is 0. The molecule has 0 heterocycles. The van der Waals surface area contributed by atoms with Crippen LogP contribution in [0.2, 0.25) is 0 Å². The molecule has 0 aliphatic rings. The summed E-state index contributed by atoms with van der Waals surface area (Å²) in [6.07, 6.45) is 0. The van der Waals surface area contributed by atoms with Gasteiger partial charge in [-0.05, 0) is 26.0 Å². The molecule has 0 fully saturated rings. The Balaban J connectivity index is 3.12. The number of benzene rings is 1. The molecule has 0 saturated carbocycles. The maximum absolute atomic E-state index is 12.5. The van der Waals surface area contributed by atoms with E-state index in [1.807, 2.05) is 42.2 Å². The maximum atomic E-state index is 12.5. The van der Waals surface area contributed by atoms with Crippen molar-refractivity contribution in [3.8, 4) is 0 Å².